The van der Waals surface area contributed by atoms with Crippen LogP contribution in [0.5, 0.6) is 0 Å². The average Bonchev–Trinajstić information content (AvgIpc) is 3.27. The topological polar surface area (TPSA) is 3.24 Å². The van der Waals surface area contributed by atoms with Crippen molar-refractivity contribution in [2.45, 2.75) is 69.6 Å². The molecule has 2 aromatic rings. The van der Waals surface area contributed by atoms with Gasteiger partial charge in [0.25, 0.3) is 0 Å². The Morgan fingerprint density at radius 3 is 2.19 bits per heavy atom. The van der Waals surface area contributed by atoms with E-state index < -0.39 is 11.7 Å². The molecule has 167 valence electrons. The van der Waals surface area contributed by atoms with Gasteiger partial charge in [-0.15, -0.1) is 0 Å². The van der Waals surface area contributed by atoms with Gasteiger partial charge in [0.2, 0.25) is 0 Å². The normalized spacial score (nSPS) is 22.9. The van der Waals surface area contributed by atoms with Crippen molar-refractivity contribution >= 4 is 0 Å². The number of hydrogen-bond acceptors (Lipinski definition) is 1. The van der Waals surface area contributed by atoms with Crippen LogP contribution in [0.2, 0.25) is 0 Å². The first kappa shape index (κ1) is 22.3. The molecule has 2 aromatic carbocycles. The van der Waals surface area contributed by atoms with Crippen molar-refractivity contribution in [3.8, 4) is 0 Å². The molecule has 5 heteroatoms. The minimum atomic E-state index is -4.31. The predicted octanol–water partition coefficient (Wildman–Crippen LogP) is 7.38. The Morgan fingerprint density at radius 2 is 1.55 bits per heavy atom. The fraction of sp³-hybridized carbons (Fsp3) is 0.500. The van der Waals surface area contributed by atoms with Crippen LogP contribution < -0.4 is 0 Å². The molecule has 31 heavy (non-hydrogen) atoms. The minimum absolute atomic E-state index is 0.179. The first-order valence-electron chi connectivity index (χ1n) is 11.4. The summed E-state index contributed by atoms with van der Waals surface area (Å²) >= 11 is 0. The van der Waals surface area contributed by atoms with Gasteiger partial charge in [0.05, 0.1) is 5.56 Å². The van der Waals surface area contributed by atoms with E-state index in [0.29, 0.717) is 5.92 Å². The van der Waals surface area contributed by atoms with E-state index in [4.69, 9.17) is 0 Å². The highest BCUT2D eigenvalue weighted by Gasteiger charge is 2.34. The van der Waals surface area contributed by atoms with Gasteiger partial charge in [0.1, 0.15) is 5.82 Å². The second-order valence-corrected chi connectivity index (χ2v) is 9.10. The maximum atomic E-state index is 13.4. The lowest BCUT2D eigenvalue weighted by Crippen LogP contribution is -2.43. The average molecular weight is 433 g/mol. The van der Waals surface area contributed by atoms with Crippen LogP contribution in [0.3, 0.4) is 0 Å². The first-order chi connectivity index (χ1) is 14.9. The molecule has 0 saturated heterocycles. The lowest BCUT2D eigenvalue weighted by Gasteiger charge is -2.41. The van der Waals surface area contributed by atoms with E-state index in [-0.39, 0.29) is 17.8 Å². The highest BCUT2D eigenvalue weighted by Crippen LogP contribution is 2.39. The smallest absolute Gasteiger partial charge is 0.295 e. The molecular weight excluding hydrogens is 402 g/mol. The van der Waals surface area contributed by atoms with E-state index in [1.807, 2.05) is 12.1 Å². The van der Waals surface area contributed by atoms with Gasteiger partial charge in [-0.25, -0.2) is 4.39 Å². The van der Waals surface area contributed by atoms with Gasteiger partial charge in [0.15, 0.2) is 0 Å². The summed E-state index contributed by atoms with van der Waals surface area (Å²) in [6, 6.07) is 12.7. The van der Waals surface area contributed by atoms with E-state index >= 15 is 0 Å². The summed E-state index contributed by atoms with van der Waals surface area (Å²) in [6.07, 6.45) is 5.88. The molecule has 0 unspecified atom stereocenters. The Morgan fingerprint density at radius 1 is 0.871 bits per heavy atom. The second-order valence-electron chi connectivity index (χ2n) is 9.10. The third kappa shape index (κ3) is 5.68. The summed E-state index contributed by atoms with van der Waals surface area (Å²) in [5, 5.41) is 0. The number of halogens is 4. The van der Waals surface area contributed by atoms with Gasteiger partial charge in [-0.1, -0.05) is 37.1 Å². The van der Waals surface area contributed by atoms with Crippen molar-refractivity contribution in [1.82, 2.24) is 4.90 Å². The van der Waals surface area contributed by atoms with Crippen molar-refractivity contribution < 1.29 is 17.6 Å². The Kier molecular flexibility index (Phi) is 7.00. The molecule has 2 aliphatic rings. The van der Waals surface area contributed by atoms with Crippen molar-refractivity contribution in [3.05, 3.63) is 77.5 Å². The Hall–Kier alpha value is -1.88. The van der Waals surface area contributed by atoms with Crippen molar-refractivity contribution in [2.24, 2.45) is 5.92 Å². The summed E-state index contributed by atoms with van der Waals surface area (Å²) in [4.78, 5) is 2.53. The molecule has 1 nitrogen and oxygen atoms in total. The lowest BCUT2D eigenvalue weighted by atomic mass is 9.78. The van der Waals surface area contributed by atoms with Gasteiger partial charge in [-0.2, -0.15) is 13.2 Å². The highest BCUT2D eigenvalue weighted by molar-refractivity contribution is 5.29. The molecule has 2 saturated carbocycles. The zero-order valence-electron chi connectivity index (χ0n) is 17.8. The van der Waals surface area contributed by atoms with Crippen LogP contribution in [-0.4, -0.2) is 17.5 Å². The van der Waals surface area contributed by atoms with Crippen molar-refractivity contribution in [2.75, 3.05) is 6.54 Å². The minimum Gasteiger partial charge on any atom is -0.295 e. The number of hydrogen-bond donors (Lipinski definition) is 0. The molecule has 4 rings (SSSR count). The summed E-state index contributed by atoms with van der Waals surface area (Å²) < 4.78 is 52.5. The fourth-order valence-corrected chi connectivity index (χ4v) is 5.32. The summed E-state index contributed by atoms with van der Waals surface area (Å²) in [5.74, 6) is 0.610. The lowest BCUT2D eigenvalue weighted by molar-refractivity contribution is -0.137. The zero-order valence-corrected chi connectivity index (χ0v) is 17.8. The van der Waals surface area contributed by atoms with Crippen LogP contribution in [0.25, 0.3) is 0 Å². The molecular formula is C26H30F4N. The first-order valence-corrected chi connectivity index (χ1v) is 11.4. The summed E-state index contributed by atoms with van der Waals surface area (Å²) in [5.41, 5.74) is 1.46. The van der Waals surface area contributed by atoms with Crippen LogP contribution in [0.1, 0.15) is 67.6 Å². The van der Waals surface area contributed by atoms with Gasteiger partial charge in [0, 0.05) is 19.1 Å². The number of benzene rings is 2. The van der Waals surface area contributed by atoms with Crippen LogP contribution >= 0.6 is 0 Å². The Labute approximate surface area is 182 Å². The summed E-state index contributed by atoms with van der Waals surface area (Å²) in [7, 11) is 0. The third-order valence-electron chi connectivity index (χ3n) is 6.95. The van der Waals surface area contributed by atoms with Gasteiger partial charge >= 0.3 is 6.18 Å². The molecule has 0 bridgehead atoms. The molecule has 2 aliphatic carbocycles. The van der Waals surface area contributed by atoms with E-state index in [0.717, 1.165) is 43.5 Å². The van der Waals surface area contributed by atoms with E-state index in [1.54, 1.807) is 12.1 Å². The Balaban J connectivity index is 1.58. The molecule has 0 aromatic heterocycles. The Bertz CT molecular complexity index is 822. The zero-order chi connectivity index (χ0) is 21.8. The van der Waals surface area contributed by atoms with Crippen molar-refractivity contribution in [1.29, 1.82) is 0 Å². The fourth-order valence-electron chi connectivity index (χ4n) is 5.32. The van der Waals surface area contributed by atoms with E-state index in [2.05, 4.69) is 11.3 Å². The quantitative estimate of drug-likeness (QED) is 0.431. The van der Waals surface area contributed by atoms with E-state index in [9.17, 15) is 17.6 Å². The van der Waals surface area contributed by atoms with Crippen LogP contribution in [0.4, 0.5) is 17.6 Å². The third-order valence-corrected chi connectivity index (χ3v) is 6.95. The molecule has 0 heterocycles. The standard InChI is InChI=1S/C26H30F4N/c27-23-15-9-20(10-16-23)18-31(17-19-5-1-2-6-19)25-8-4-3-7-24(25)21-11-13-22(14-12-21)26(28,29)30/h3,9-16,19,24-25H,1-2,4-8,17-18H2/t24-,25+/m0/s1. The molecule has 0 aliphatic heterocycles. The SMILES string of the molecule is Fc1ccc(CN(CC2CCCC2)[C@@H]2CC[CH]C[C@H]2c2ccc(C(F)(F)F)cc2)cc1. The maximum Gasteiger partial charge on any atom is 0.416 e. The molecule has 1 radical (unpaired) electrons. The van der Waals surface area contributed by atoms with Crippen LogP contribution in [0.15, 0.2) is 48.5 Å². The molecule has 0 spiro atoms. The van der Waals surface area contributed by atoms with E-state index in [1.165, 1.54) is 49.9 Å². The predicted molar refractivity (Wildman–Crippen MR) is 115 cm³/mol. The van der Waals surface area contributed by atoms with Crippen LogP contribution in [0, 0.1) is 18.2 Å². The van der Waals surface area contributed by atoms with Crippen molar-refractivity contribution in [3.63, 3.8) is 0 Å². The number of alkyl halides is 3. The number of nitrogens with zero attached hydrogens (tertiary/aromatic N) is 1. The molecule has 2 atom stereocenters. The van der Waals surface area contributed by atoms with Gasteiger partial charge in [-0.05, 0) is 85.8 Å². The van der Waals surface area contributed by atoms with Gasteiger partial charge in [-0.3, -0.25) is 4.90 Å². The number of rotatable bonds is 6. The van der Waals surface area contributed by atoms with Crippen LogP contribution in [-0.2, 0) is 12.7 Å². The second kappa shape index (κ2) is 9.72. The highest BCUT2D eigenvalue weighted by atomic mass is 19.4. The monoisotopic (exact) mass is 432 g/mol. The molecule has 0 N–H and O–H groups in total. The summed E-state index contributed by atoms with van der Waals surface area (Å²) in [6.45, 7) is 1.75. The molecule has 0 amide bonds. The maximum absolute atomic E-state index is 13.4. The van der Waals surface area contributed by atoms with Gasteiger partial charge < -0.3 is 0 Å². The molecule has 2 fully saturated rings. The largest absolute Gasteiger partial charge is 0.416 e.